The molecule has 1 aliphatic heterocycles. The molecule has 0 fully saturated rings. The smallest absolute Gasteiger partial charge is 0.161 e. The van der Waals surface area contributed by atoms with E-state index in [-0.39, 0.29) is 5.60 Å². The Morgan fingerprint density at radius 2 is 1.69 bits per heavy atom. The molecule has 2 aromatic carbocycles. The molecule has 0 aromatic heterocycles. The van der Waals surface area contributed by atoms with E-state index in [4.69, 9.17) is 14.2 Å². The maximum Gasteiger partial charge on any atom is 0.161 e. The molecular formula is C25H29NO3. The number of rotatable bonds is 6. The lowest BCUT2D eigenvalue weighted by molar-refractivity contribution is -0.000401. The van der Waals surface area contributed by atoms with E-state index in [1.165, 1.54) is 22.3 Å². The van der Waals surface area contributed by atoms with E-state index in [0.717, 1.165) is 44.0 Å². The van der Waals surface area contributed by atoms with Crippen molar-refractivity contribution in [3.05, 3.63) is 77.4 Å². The van der Waals surface area contributed by atoms with Crippen molar-refractivity contribution in [2.24, 2.45) is 0 Å². The minimum absolute atomic E-state index is 0.285. The van der Waals surface area contributed by atoms with Crippen LogP contribution in [-0.2, 0) is 17.7 Å². The van der Waals surface area contributed by atoms with E-state index >= 15 is 0 Å². The van der Waals surface area contributed by atoms with E-state index < -0.39 is 0 Å². The summed E-state index contributed by atoms with van der Waals surface area (Å²) < 4.78 is 17.0. The van der Waals surface area contributed by atoms with Gasteiger partial charge in [0.2, 0.25) is 0 Å². The highest BCUT2D eigenvalue weighted by Crippen LogP contribution is 2.35. The first-order chi connectivity index (χ1) is 14.2. The van der Waals surface area contributed by atoms with Crippen LogP contribution in [0, 0.1) is 0 Å². The molecule has 0 saturated heterocycles. The van der Waals surface area contributed by atoms with E-state index in [9.17, 15) is 0 Å². The normalized spacial score (nSPS) is 21.4. The lowest BCUT2D eigenvalue weighted by atomic mass is 9.88. The Labute approximate surface area is 173 Å². The zero-order chi connectivity index (χ0) is 20.3. The summed E-state index contributed by atoms with van der Waals surface area (Å²) >= 11 is 0. The second-order valence-electron chi connectivity index (χ2n) is 7.77. The van der Waals surface area contributed by atoms with Gasteiger partial charge in [-0.2, -0.15) is 0 Å². The second kappa shape index (κ2) is 8.44. The van der Waals surface area contributed by atoms with Crippen LogP contribution in [0.15, 0.2) is 60.7 Å². The number of hydrogen-bond donors (Lipinski definition) is 0. The standard InChI is InChI=1S/C25H29NO3/c1-27-23-15-21-11-14-26(17-22(21)16-24(23)28-2)18-25(29-3)12-9-20(10-13-25)19-7-5-4-6-8-19/h4-10,12,15-16H,11,13-14,17-18H2,1-3H3. The molecule has 4 heteroatoms. The van der Waals surface area contributed by atoms with Crippen LogP contribution >= 0.6 is 0 Å². The molecule has 152 valence electrons. The Morgan fingerprint density at radius 3 is 2.31 bits per heavy atom. The first kappa shape index (κ1) is 19.7. The summed E-state index contributed by atoms with van der Waals surface area (Å²) in [7, 11) is 5.19. The summed E-state index contributed by atoms with van der Waals surface area (Å²) in [4.78, 5) is 2.48. The number of nitrogens with zero attached hydrogens (tertiary/aromatic N) is 1. The van der Waals surface area contributed by atoms with Crippen molar-refractivity contribution in [2.75, 3.05) is 34.4 Å². The molecule has 2 aromatic rings. The molecule has 0 spiro atoms. The Balaban J connectivity index is 1.48. The van der Waals surface area contributed by atoms with Crippen molar-refractivity contribution >= 4 is 5.57 Å². The SMILES string of the molecule is COc1cc2c(cc1OC)CN(CC1(OC)C=CC(c3ccccc3)=CC1)CC2. The molecule has 4 nitrogen and oxygen atoms in total. The van der Waals surface area contributed by atoms with E-state index in [2.05, 4.69) is 65.6 Å². The minimum atomic E-state index is -0.285. The van der Waals surface area contributed by atoms with Crippen molar-refractivity contribution < 1.29 is 14.2 Å². The molecule has 1 aliphatic carbocycles. The molecule has 0 radical (unpaired) electrons. The fourth-order valence-corrected chi connectivity index (χ4v) is 4.29. The highest BCUT2D eigenvalue weighted by Gasteiger charge is 2.32. The Bertz CT molecular complexity index is 919. The van der Waals surface area contributed by atoms with Gasteiger partial charge in [-0.25, -0.2) is 0 Å². The number of hydrogen-bond acceptors (Lipinski definition) is 4. The van der Waals surface area contributed by atoms with Gasteiger partial charge < -0.3 is 14.2 Å². The van der Waals surface area contributed by atoms with Crippen LogP contribution in [-0.4, -0.2) is 44.9 Å². The molecule has 1 heterocycles. The van der Waals surface area contributed by atoms with Gasteiger partial charge >= 0.3 is 0 Å². The monoisotopic (exact) mass is 391 g/mol. The minimum Gasteiger partial charge on any atom is -0.493 e. The van der Waals surface area contributed by atoms with E-state index in [1.807, 2.05) is 7.11 Å². The van der Waals surface area contributed by atoms with Crippen molar-refractivity contribution in [2.45, 2.75) is 25.0 Å². The molecule has 0 N–H and O–H groups in total. The number of benzene rings is 2. The van der Waals surface area contributed by atoms with Crippen LogP contribution in [0.4, 0.5) is 0 Å². The molecule has 0 amide bonds. The second-order valence-corrected chi connectivity index (χ2v) is 7.77. The molecular weight excluding hydrogens is 362 g/mol. The van der Waals surface area contributed by atoms with Gasteiger partial charge in [0, 0.05) is 33.2 Å². The number of ether oxygens (including phenoxy) is 3. The van der Waals surface area contributed by atoms with Crippen molar-refractivity contribution in [3.8, 4) is 11.5 Å². The zero-order valence-electron chi connectivity index (χ0n) is 17.5. The highest BCUT2D eigenvalue weighted by atomic mass is 16.5. The predicted octanol–water partition coefficient (Wildman–Crippen LogP) is 4.49. The third-order valence-electron chi connectivity index (χ3n) is 6.04. The summed E-state index contributed by atoms with van der Waals surface area (Å²) in [5.41, 5.74) is 4.88. The molecule has 2 aliphatic rings. The van der Waals surface area contributed by atoms with Gasteiger partial charge in [-0.3, -0.25) is 4.90 Å². The number of allylic oxidation sites excluding steroid dienone is 2. The topological polar surface area (TPSA) is 30.9 Å². The van der Waals surface area contributed by atoms with Crippen LogP contribution in [0.5, 0.6) is 11.5 Å². The summed E-state index contributed by atoms with van der Waals surface area (Å²) in [6.07, 6.45) is 8.61. The average Bonchev–Trinajstić information content (AvgIpc) is 2.79. The third-order valence-corrected chi connectivity index (χ3v) is 6.04. The van der Waals surface area contributed by atoms with Crippen LogP contribution in [0.1, 0.15) is 23.1 Å². The van der Waals surface area contributed by atoms with Gasteiger partial charge in [0.25, 0.3) is 0 Å². The van der Waals surface area contributed by atoms with Gasteiger partial charge in [-0.15, -0.1) is 0 Å². The molecule has 0 saturated carbocycles. The zero-order valence-corrected chi connectivity index (χ0v) is 17.5. The Hall–Kier alpha value is -2.56. The lowest BCUT2D eigenvalue weighted by Crippen LogP contribution is -2.45. The van der Waals surface area contributed by atoms with E-state index in [1.54, 1.807) is 14.2 Å². The molecule has 0 bridgehead atoms. The fraction of sp³-hybridized carbons (Fsp3) is 0.360. The summed E-state index contributed by atoms with van der Waals surface area (Å²) in [5, 5.41) is 0. The molecule has 1 atom stereocenters. The first-order valence-electron chi connectivity index (χ1n) is 10.1. The Morgan fingerprint density at radius 1 is 0.966 bits per heavy atom. The number of methoxy groups -OCH3 is 3. The van der Waals surface area contributed by atoms with Gasteiger partial charge in [-0.1, -0.05) is 48.6 Å². The summed E-state index contributed by atoms with van der Waals surface area (Å²) in [5.74, 6) is 1.60. The summed E-state index contributed by atoms with van der Waals surface area (Å²) in [6, 6.07) is 14.7. The maximum absolute atomic E-state index is 6.02. The van der Waals surface area contributed by atoms with Crippen molar-refractivity contribution in [1.29, 1.82) is 0 Å². The predicted molar refractivity (Wildman–Crippen MR) is 116 cm³/mol. The van der Waals surface area contributed by atoms with Gasteiger partial charge in [0.15, 0.2) is 11.5 Å². The molecule has 29 heavy (non-hydrogen) atoms. The van der Waals surface area contributed by atoms with Crippen LogP contribution in [0.2, 0.25) is 0 Å². The third kappa shape index (κ3) is 4.09. The quantitative estimate of drug-likeness (QED) is 0.726. The fourth-order valence-electron chi connectivity index (χ4n) is 4.29. The van der Waals surface area contributed by atoms with E-state index in [0.29, 0.717) is 0 Å². The molecule has 1 unspecified atom stereocenters. The van der Waals surface area contributed by atoms with Crippen LogP contribution in [0.25, 0.3) is 5.57 Å². The van der Waals surface area contributed by atoms with Crippen molar-refractivity contribution in [3.63, 3.8) is 0 Å². The molecule has 4 rings (SSSR count). The van der Waals surface area contributed by atoms with Crippen molar-refractivity contribution in [1.82, 2.24) is 4.90 Å². The van der Waals surface area contributed by atoms with Gasteiger partial charge in [0.05, 0.1) is 14.2 Å². The maximum atomic E-state index is 6.02. The summed E-state index contributed by atoms with van der Waals surface area (Å²) in [6.45, 7) is 2.77. The lowest BCUT2D eigenvalue weighted by Gasteiger charge is -2.38. The first-order valence-corrected chi connectivity index (χ1v) is 10.1. The largest absolute Gasteiger partial charge is 0.493 e. The highest BCUT2D eigenvalue weighted by molar-refractivity contribution is 5.75. The van der Waals surface area contributed by atoms with Gasteiger partial charge in [-0.05, 0) is 40.8 Å². The van der Waals surface area contributed by atoms with Gasteiger partial charge in [0.1, 0.15) is 5.60 Å². The Kier molecular flexibility index (Phi) is 5.74. The van der Waals surface area contributed by atoms with Crippen LogP contribution < -0.4 is 9.47 Å². The number of fused-ring (bicyclic) bond motifs is 1. The average molecular weight is 392 g/mol. The van der Waals surface area contributed by atoms with Crippen LogP contribution in [0.3, 0.4) is 0 Å².